The standard InChI is InChI=1S/C28H32N4O5/c1-4-30-25(29)19-8-10-20(11-9-19)26(36)31-24(21-6-5-7-22(33)17-21)28(2,3)27(37)32-14-12-18(13-15-32)16-23(34)35/h5-11,17-18,24,29,33H,1,12-16H2,2-3H3,(H,31,36)(H,34,35). The van der Waals surface area contributed by atoms with E-state index in [1.54, 1.807) is 55.1 Å². The summed E-state index contributed by atoms with van der Waals surface area (Å²) in [4.78, 5) is 43.4. The molecule has 0 radical (unpaired) electrons. The van der Waals surface area contributed by atoms with E-state index in [0.717, 1.165) is 0 Å². The van der Waals surface area contributed by atoms with E-state index in [-0.39, 0.29) is 29.8 Å². The Morgan fingerprint density at radius 1 is 1.16 bits per heavy atom. The van der Waals surface area contributed by atoms with Crippen LogP contribution in [0.3, 0.4) is 0 Å². The van der Waals surface area contributed by atoms with Crippen LogP contribution in [0.15, 0.2) is 60.1 Å². The number of aromatic hydroxyl groups is 1. The van der Waals surface area contributed by atoms with Crippen molar-refractivity contribution >= 4 is 29.5 Å². The zero-order valence-corrected chi connectivity index (χ0v) is 21.0. The number of hydrogen-bond donors (Lipinski definition) is 4. The minimum atomic E-state index is -1.08. The van der Waals surface area contributed by atoms with Crippen molar-refractivity contribution < 1.29 is 24.6 Å². The highest BCUT2D eigenvalue weighted by Crippen LogP contribution is 2.38. The average Bonchev–Trinajstić information content (AvgIpc) is 2.87. The molecule has 194 valence electrons. The van der Waals surface area contributed by atoms with Crippen LogP contribution in [0.5, 0.6) is 5.75 Å². The molecule has 1 aliphatic rings. The highest BCUT2D eigenvalue weighted by atomic mass is 16.4. The first-order valence-corrected chi connectivity index (χ1v) is 12.1. The van der Waals surface area contributed by atoms with Crippen molar-refractivity contribution in [3.8, 4) is 5.75 Å². The highest BCUT2D eigenvalue weighted by Gasteiger charge is 2.42. The van der Waals surface area contributed by atoms with Crippen LogP contribution in [0.1, 0.15) is 60.6 Å². The Labute approximate surface area is 216 Å². The molecule has 1 heterocycles. The third kappa shape index (κ3) is 6.71. The maximum Gasteiger partial charge on any atom is 0.303 e. The largest absolute Gasteiger partial charge is 0.508 e. The minimum absolute atomic E-state index is 0.0140. The number of piperidine rings is 1. The third-order valence-corrected chi connectivity index (χ3v) is 6.73. The fourth-order valence-corrected chi connectivity index (χ4v) is 4.64. The second-order valence-electron chi connectivity index (χ2n) is 9.75. The summed E-state index contributed by atoms with van der Waals surface area (Å²) in [5, 5.41) is 30.0. The van der Waals surface area contributed by atoms with Gasteiger partial charge in [-0.2, -0.15) is 4.99 Å². The Kier molecular flexibility index (Phi) is 8.63. The topological polar surface area (TPSA) is 143 Å². The summed E-state index contributed by atoms with van der Waals surface area (Å²) >= 11 is 0. The summed E-state index contributed by atoms with van der Waals surface area (Å²) in [5.41, 5.74) is 0.330. The van der Waals surface area contributed by atoms with E-state index in [1.165, 1.54) is 12.1 Å². The van der Waals surface area contributed by atoms with Crippen molar-refractivity contribution in [2.24, 2.45) is 16.3 Å². The Balaban J connectivity index is 1.84. The molecule has 4 N–H and O–H groups in total. The quantitative estimate of drug-likeness (QED) is 0.320. The number of carbonyl (C=O) groups excluding carboxylic acids is 2. The van der Waals surface area contributed by atoms with Crippen LogP contribution >= 0.6 is 0 Å². The molecule has 0 aromatic heterocycles. The lowest BCUT2D eigenvalue weighted by atomic mass is 9.78. The normalized spacial score (nSPS) is 14.8. The molecule has 9 nitrogen and oxygen atoms in total. The smallest absolute Gasteiger partial charge is 0.303 e. The molecular formula is C28H32N4O5. The van der Waals surface area contributed by atoms with E-state index in [2.05, 4.69) is 22.8 Å². The second kappa shape index (κ2) is 11.7. The number of likely N-dealkylation sites (tertiary alicyclic amines) is 1. The van der Waals surface area contributed by atoms with E-state index < -0.39 is 23.3 Å². The van der Waals surface area contributed by atoms with Crippen LogP contribution in [0.2, 0.25) is 0 Å². The van der Waals surface area contributed by atoms with Gasteiger partial charge in [-0.1, -0.05) is 24.3 Å². The molecule has 1 fully saturated rings. The van der Waals surface area contributed by atoms with Gasteiger partial charge in [-0.05, 0) is 74.9 Å². The number of phenols is 1. The van der Waals surface area contributed by atoms with Crippen molar-refractivity contribution in [3.05, 3.63) is 71.8 Å². The number of aliphatic imine (C=N–C) groups is 1. The lowest BCUT2D eigenvalue weighted by molar-refractivity contribution is -0.144. The van der Waals surface area contributed by atoms with Crippen LogP contribution < -0.4 is 5.32 Å². The first kappa shape index (κ1) is 27.4. The fraction of sp³-hybridized carbons (Fsp3) is 0.357. The number of hydrogen-bond acceptors (Lipinski definition) is 5. The molecule has 1 atom stereocenters. The molecule has 9 heteroatoms. The summed E-state index contributed by atoms with van der Waals surface area (Å²) < 4.78 is 0. The van der Waals surface area contributed by atoms with Gasteiger partial charge in [0.25, 0.3) is 5.91 Å². The van der Waals surface area contributed by atoms with Crippen LogP contribution in [0, 0.1) is 16.7 Å². The molecule has 0 saturated carbocycles. The molecule has 1 aliphatic heterocycles. The first-order chi connectivity index (χ1) is 17.5. The Morgan fingerprint density at radius 3 is 2.35 bits per heavy atom. The molecule has 3 rings (SSSR count). The summed E-state index contributed by atoms with van der Waals surface area (Å²) in [5.74, 6) is 0.905. The average molecular weight is 505 g/mol. The number of aliphatic carboxylic acids is 1. The minimum Gasteiger partial charge on any atom is -0.508 e. The molecule has 2 aromatic carbocycles. The molecule has 1 unspecified atom stereocenters. The Bertz CT molecular complexity index is 1220. The molecule has 37 heavy (non-hydrogen) atoms. The molecular weight excluding hydrogens is 472 g/mol. The zero-order chi connectivity index (χ0) is 27.2. The first-order valence-electron chi connectivity index (χ1n) is 12.1. The van der Waals surface area contributed by atoms with Gasteiger partial charge >= 0.3 is 5.97 Å². The van der Waals surface area contributed by atoms with Crippen molar-refractivity contribution in [1.82, 2.24) is 10.2 Å². The maximum absolute atomic E-state index is 13.7. The number of amidine groups is 1. The predicted molar refractivity (Wildman–Crippen MR) is 140 cm³/mol. The van der Waals surface area contributed by atoms with E-state index >= 15 is 0 Å². The summed E-state index contributed by atoms with van der Waals surface area (Å²) in [6.45, 7) is 7.76. The molecule has 2 amide bonds. The van der Waals surface area contributed by atoms with E-state index in [1.807, 2.05) is 0 Å². The van der Waals surface area contributed by atoms with Gasteiger partial charge in [-0.25, -0.2) is 0 Å². The summed E-state index contributed by atoms with van der Waals surface area (Å²) in [6, 6.07) is 12.0. The van der Waals surface area contributed by atoms with Crippen LogP contribution in [0.25, 0.3) is 0 Å². The van der Waals surface area contributed by atoms with Crippen molar-refractivity contribution in [2.45, 2.75) is 39.2 Å². The lowest BCUT2D eigenvalue weighted by Gasteiger charge is -2.40. The van der Waals surface area contributed by atoms with Gasteiger partial charge in [-0.15, -0.1) is 0 Å². The van der Waals surface area contributed by atoms with Crippen molar-refractivity contribution in [1.29, 1.82) is 5.41 Å². The number of carboxylic acids is 1. The van der Waals surface area contributed by atoms with Gasteiger partial charge in [0.05, 0.1) is 11.5 Å². The molecule has 1 saturated heterocycles. The molecule has 0 bridgehead atoms. The van der Waals surface area contributed by atoms with E-state index in [4.69, 9.17) is 10.5 Å². The third-order valence-electron chi connectivity index (χ3n) is 6.73. The number of rotatable bonds is 8. The lowest BCUT2D eigenvalue weighted by Crippen LogP contribution is -2.51. The second-order valence-corrected chi connectivity index (χ2v) is 9.75. The number of carboxylic acid groups (broad SMARTS) is 1. The number of amides is 2. The monoisotopic (exact) mass is 504 g/mol. The van der Waals surface area contributed by atoms with Gasteiger partial charge in [0.15, 0.2) is 5.84 Å². The van der Waals surface area contributed by atoms with Crippen molar-refractivity contribution in [2.75, 3.05) is 13.1 Å². The SMILES string of the molecule is C=C=NC(=N)c1ccc(C(=O)NC(c2cccc(O)c2)C(C)(C)C(=O)N2CCC(CC(=O)O)CC2)cc1. The molecule has 2 aromatic rings. The van der Waals surface area contributed by atoms with E-state index in [0.29, 0.717) is 42.6 Å². The zero-order valence-electron chi connectivity index (χ0n) is 21.0. The van der Waals surface area contributed by atoms with Crippen LogP contribution in [-0.4, -0.2) is 57.7 Å². The summed E-state index contributed by atoms with van der Waals surface area (Å²) in [7, 11) is 0. The number of phenolic OH excluding ortho intramolecular Hbond substituents is 1. The maximum atomic E-state index is 13.7. The van der Waals surface area contributed by atoms with Gasteiger partial charge in [0.2, 0.25) is 5.91 Å². The Morgan fingerprint density at radius 2 is 1.78 bits per heavy atom. The number of nitrogens with one attached hydrogen (secondary N) is 2. The highest BCUT2D eigenvalue weighted by molar-refractivity contribution is 6.01. The number of nitrogens with zero attached hydrogens (tertiary/aromatic N) is 2. The fourth-order valence-electron chi connectivity index (χ4n) is 4.64. The van der Waals surface area contributed by atoms with Crippen LogP contribution in [-0.2, 0) is 9.59 Å². The number of benzene rings is 2. The molecule has 0 aliphatic carbocycles. The van der Waals surface area contributed by atoms with Crippen molar-refractivity contribution in [3.63, 3.8) is 0 Å². The van der Waals surface area contributed by atoms with Gasteiger partial charge < -0.3 is 20.4 Å². The van der Waals surface area contributed by atoms with Crippen LogP contribution in [0.4, 0.5) is 0 Å². The summed E-state index contributed by atoms with van der Waals surface area (Å²) in [6.07, 6.45) is 1.30. The Hall–Kier alpha value is -4.23. The van der Waals surface area contributed by atoms with Gasteiger partial charge in [-0.3, -0.25) is 19.8 Å². The van der Waals surface area contributed by atoms with Gasteiger partial charge in [0.1, 0.15) is 5.75 Å². The number of carbonyl (C=O) groups is 3. The van der Waals surface area contributed by atoms with E-state index in [9.17, 15) is 19.5 Å². The molecule has 0 spiro atoms. The predicted octanol–water partition coefficient (Wildman–Crippen LogP) is 3.78. The van der Waals surface area contributed by atoms with Gasteiger partial charge in [0, 0.05) is 30.6 Å².